The van der Waals surface area contributed by atoms with E-state index in [9.17, 15) is 28.3 Å². The first-order valence-electron chi connectivity index (χ1n) is 8.26. The van der Waals surface area contributed by atoms with Crippen molar-refractivity contribution in [1.29, 1.82) is 0 Å². The Morgan fingerprint density at radius 3 is 2.70 bits per heavy atom. The SMILES string of the molecule is COc1cc(/C=C2/SC(=O)N(CC(=O)Nc3ccc(F)cc3F)C2=O)cc(Br)c1O. The van der Waals surface area contributed by atoms with Crippen molar-refractivity contribution in [2.24, 2.45) is 0 Å². The van der Waals surface area contributed by atoms with E-state index in [1.54, 1.807) is 0 Å². The van der Waals surface area contributed by atoms with Crippen LogP contribution in [0.3, 0.4) is 0 Å². The number of amides is 3. The minimum absolute atomic E-state index is 0.0559. The number of anilines is 1. The molecule has 156 valence electrons. The van der Waals surface area contributed by atoms with E-state index in [-0.39, 0.29) is 22.1 Å². The first-order chi connectivity index (χ1) is 14.2. The average Bonchev–Trinajstić information content (AvgIpc) is 2.94. The maximum Gasteiger partial charge on any atom is 0.294 e. The van der Waals surface area contributed by atoms with Gasteiger partial charge in [0.1, 0.15) is 18.2 Å². The van der Waals surface area contributed by atoms with Gasteiger partial charge in [-0.3, -0.25) is 19.3 Å². The van der Waals surface area contributed by atoms with Gasteiger partial charge in [-0.1, -0.05) is 0 Å². The molecule has 0 bridgehead atoms. The number of imide groups is 1. The van der Waals surface area contributed by atoms with Gasteiger partial charge in [0.25, 0.3) is 11.1 Å². The highest BCUT2D eigenvalue weighted by Gasteiger charge is 2.36. The number of nitrogens with one attached hydrogen (secondary N) is 1. The summed E-state index contributed by atoms with van der Waals surface area (Å²) in [5.74, 6) is -3.27. The molecule has 0 spiro atoms. The van der Waals surface area contributed by atoms with E-state index in [0.717, 1.165) is 12.1 Å². The number of aromatic hydroxyl groups is 1. The highest BCUT2D eigenvalue weighted by Crippen LogP contribution is 2.38. The maximum atomic E-state index is 13.7. The van der Waals surface area contributed by atoms with Gasteiger partial charge in [0.05, 0.1) is 22.2 Å². The predicted octanol–water partition coefficient (Wildman–Crippen LogP) is 4.12. The van der Waals surface area contributed by atoms with Crippen LogP contribution in [0.15, 0.2) is 39.7 Å². The molecule has 0 unspecified atom stereocenters. The number of carbonyl (C=O) groups is 3. The summed E-state index contributed by atoms with van der Waals surface area (Å²) >= 11 is 3.79. The molecule has 0 saturated carbocycles. The lowest BCUT2D eigenvalue weighted by atomic mass is 10.2. The summed E-state index contributed by atoms with van der Waals surface area (Å²) in [6.07, 6.45) is 1.41. The quantitative estimate of drug-likeness (QED) is 0.602. The number of methoxy groups -OCH3 is 1. The van der Waals surface area contributed by atoms with E-state index in [1.165, 1.54) is 25.3 Å². The van der Waals surface area contributed by atoms with Crippen LogP contribution in [0, 0.1) is 11.6 Å². The molecule has 2 N–H and O–H groups in total. The molecule has 0 radical (unpaired) electrons. The topological polar surface area (TPSA) is 95.9 Å². The van der Waals surface area contributed by atoms with Crippen molar-refractivity contribution in [2.75, 3.05) is 19.0 Å². The molecule has 1 saturated heterocycles. The van der Waals surface area contributed by atoms with Crippen LogP contribution in [0.25, 0.3) is 6.08 Å². The fourth-order valence-electron chi connectivity index (χ4n) is 2.54. The molecule has 7 nitrogen and oxygen atoms in total. The first-order valence-corrected chi connectivity index (χ1v) is 9.87. The number of hydrogen-bond donors (Lipinski definition) is 2. The first kappa shape index (κ1) is 21.8. The zero-order valence-corrected chi connectivity index (χ0v) is 17.6. The van der Waals surface area contributed by atoms with Gasteiger partial charge in [-0.2, -0.15) is 0 Å². The second-order valence-electron chi connectivity index (χ2n) is 5.99. The summed E-state index contributed by atoms with van der Waals surface area (Å²) in [6.45, 7) is -0.637. The fraction of sp³-hybridized carbons (Fsp3) is 0.105. The van der Waals surface area contributed by atoms with Crippen molar-refractivity contribution < 1.29 is 33.0 Å². The lowest BCUT2D eigenvalue weighted by molar-refractivity contribution is -0.127. The standard InChI is InChI=1S/C19H13BrF2N2O5S/c1-29-14-5-9(4-11(20)17(14)26)6-15-18(27)24(19(28)30-15)8-16(25)23-13-3-2-10(21)7-12(13)22/h2-7,26H,8H2,1H3,(H,23,25)/b15-6+. The minimum atomic E-state index is -0.982. The molecular weight excluding hydrogens is 486 g/mol. The number of carbonyl (C=O) groups excluding carboxylic acids is 3. The van der Waals surface area contributed by atoms with Crippen LogP contribution in [0.1, 0.15) is 5.56 Å². The van der Waals surface area contributed by atoms with Crippen molar-refractivity contribution >= 4 is 56.5 Å². The van der Waals surface area contributed by atoms with Crippen molar-refractivity contribution in [3.8, 4) is 11.5 Å². The van der Waals surface area contributed by atoms with Crippen molar-refractivity contribution in [1.82, 2.24) is 4.90 Å². The molecule has 2 aromatic rings. The number of halogens is 3. The van der Waals surface area contributed by atoms with E-state index >= 15 is 0 Å². The Hall–Kier alpha value is -2.92. The molecule has 30 heavy (non-hydrogen) atoms. The lowest BCUT2D eigenvalue weighted by Gasteiger charge is -2.12. The molecule has 3 rings (SSSR count). The van der Waals surface area contributed by atoms with Crippen LogP contribution in [-0.4, -0.2) is 40.7 Å². The summed E-state index contributed by atoms with van der Waals surface area (Å²) in [7, 11) is 1.36. The van der Waals surface area contributed by atoms with Crippen LogP contribution in [0.2, 0.25) is 0 Å². The van der Waals surface area contributed by atoms with E-state index < -0.39 is 35.2 Å². The van der Waals surface area contributed by atoms with E-state index in [2.05, 4.69) is 21.2 Å². The second-order valence-corrected chi connectivity index (χ2v) is 7.84. The molecular formula is C19H13BrF2N2O5S. The van der Waals surface area contributed by atoms with Gasteiger partial charge in [-0.15, -0.1) is 0 Å². The number of hydrogen-bond acceptors (Lipinski definition) is 6. The third-order valence-corrected chi connectivity index (χ3v) is 5.46. The number of phenolic OH excluding ortho intramolecular Hbond substituents is 1. The summed E-state index contributed by atoms with van der Waals surface area (Å²) in [5, 5.41) is 11.4. The molecule has 1 aliphatic heterocycles. The van der Waals surface area contributed by atoms with Gasteiger partial charge in [-0.05, 0) is 63.6 Å². The molecule has 11 heteroatoms. The summed E-state index contributed by atoms with van der Waals surface area (Å²) in [4.78, 5) is 37.6. The number of nitrogens with zero attached hydrogens (tertiary/aromatic N) is 1. The minimum Gasteiger partial charge on any atom is -0.503 e. The van der Waals surface area contributed by atoms with Gasteiger partial charge in [0.15, 0.2) is 11.5 Å². The van der Waals surface area contributed by atoms with Crippen LogP contribution in [0.5, 0.6) is 11.5 Å². The van der Waals surface area contributed by atoms with Crippen molar-refractivity contribution in [3.05, 3.63) is 56.9 Å². The molecule has 1 aliphatic rings. The summed E-state index contributed by atoms with van der Waals surface area (Å²) in [6, 6.07) is 5.59. The Kier molecular flexibility index (Phi) is 6.42. The van der Waals surface area contributed by atoms with Crippen LogP contribution >= 0.6 is 27.7 Å². The van der Waals surface area contributed by atoms with Gasteiger partial charge in [-0.25, -0.2) is 8.78 Å². The second kappa shape index (κ2) is 8.84. The highest BCUT2D eigenvalue weighted by molar-refractivity contribution is 9.10. The average molecular weight is 499 g/mol. The molecule has 1 fully saturated rings. The van der Waals surface area contributed by atoms with E-state index in [1.807, 2.05) is 0 Å². The zero-order chi connectivity index (χ0) is 22.0. The van der Waals surface area contributed by atoms with Gasteiger partial charge < -0.3 is 15.2 Å². The number of ether oxygens (including phenoxy) is 1. The van der Waals surface area contributed by atoms with Crippen molar-refractivity contribution in [2.45, 2.75) is 0 Å². The molecule has 2 aromatic carbocycles. The van der Waals surface area contributed by atoms with Crippen LogP contribution < -0.4 is 10.1 Å². The molecule has 0 aliphatic carbocycles. The summed E-state index contributed by atoms with van der Waals surface area (Å²) in [5.41, 5.74) is 0.199. The lowest BCUT2D eigenvalue weighted by Crippen LogP contribution is -2.36. The summed E-state index contributed by atoms with van der Waals surface area (Å²) < 4.78 is 32.0. The zero-order valence-electron chi connectivity index (χ0n) is 15.2. The fourth-order valence-corrected chi connectivity index (χ4v) is 3.84. The maximum absolute atomic E-state index is 13.7. The van der Waals surface area contributed by atoms with Gasteiger partial charge >= 0.3 is 0 Å². The molecule has 1 heterocycles. The molecule has 3 amide bonds. The molecule has 0 aromatic heterocycles. The number of rotatable bonds is 5. The van der Waals surface area contributed by atoms with Gasteiger partial charge in [0.2, 0.25) is 5.91 Å². The third-order valence-electron chi connectivity index (χ3n) is 3.95. The largest absolute Gasteiger partial charge is 0.503 e. The Labute approximate surface area is 181 Å². The number of thioether (sulfide) groups is 1. The normalized spacial score (nSPS) is 15.1. The third kappa shape index (κ3) is 4.62. The Bertz CT molecular complexity index is 1090. The van der Waals surface area contributed by atoms with Crippen LogP contribution in [-0.2, 0) is 9.59 Å². The number of benzene rings is 2. The number of phenols is 1. The van der Waals surface area contributed by atoms with E-state index in [0.29, 0.717) is 32.8 Å². The Morgan fingerprint density at radius 1 is 1.30 bits per heavy atom. The Morgan fingerprint density at radius 2 is 2.03 bits per heavy atom. The van der Waals surface area contributed by atoms with Gasteiger partial charge in [0, 0.05) is 6.07 Å². The van der Waals surface area contributed by atoms with Crippen molar-refractivity contribution in [3.63, 3.8) is 0 Å². The van der Waals surface area contributed by atoms with Crippen LogP contribution in [0.4, 0.5) is 19.3 Å². The Balaban J connectivity index is 1.75. The molecule has 0 atom stereocenters. The highest BCUT2D eigenvalue weighted by atomic mass is 79.9. The predicted molar refractivity (Wildman–Crippen MR) is 110 cm³/mol. The monoisotopic (exact) mass is 498 g/mol. The smallest absolute Gasteiger partial charge is 0.294 e. The van der Waals surface area contributed by atoms with E-state index in [4.69, 9.17) is 4.74 Å².